The van der Waals surface area contributed by atoms with Crippen LogP contribution in [0.5, 0.6) is 0 Å². The van der Waals surface area contributed by atoms with Crippen molar-refractivity contribution in [1.29, 1.82) is 0 Å². The summed E-state index contributed by atoms with van der Waals surface area (Å²) in [5.41, 5.74) is 2.63. The summed E-state index contributed by atoms with van der Waals surface area (Å²) in [6.45, 7) is 0.488. The van der Waals surface area contributed by atoms with Crippen LogP contribution in [-0.2, 0) is 6.54 Å². The number of halogens is 1. The summed E-state index contributed by atoms with van der Waals surface area (Å²) in [5.74, 6) is 0.0840. The normalized spacial score (nSPS) is 10.9. The zero-order chi connectivity index (χ0) is 16.4. The molecule has 0 aliphatic carbocycles. The monoisotopic (exact) mass is 320 g/mol. The Morgan fingerprint density at radius 2 is 1.88 bits per heavy atom. The minimum Gasteiger partial charge on any atom is -0.241 e. The summed E-state index contributed by atoms with van der Waals surface area (Å²) in [4.78, 5) is 1.49. The molecule has 0 saturated heterocycles. The second-order valence-corrected chi connectivity index (χ2v) is 5.27. The largest absolute Gasteiger partial charge is 0.241 e. The molecule has 2 heterocycles. The van der Waals surface area contributed by atoms with Crippen LogP contribution in [0.1, 0.15) is 5.56 Å². The third-order valence-corrected chi connectivity index (χ3v) is 3.56. The van der Waals surface area contributed by atoms with Gasteiger partial charge in [-0.2, -0.15) is 9.90 Å². The van der Waals surface area contributed by atoms with Crippen LogP contribution >= 0.6 is 0 Å². The van der Waals surface area contributed by atoms with E-state index in [0.29, 0.717) is 17.9 Å². The molecule has 0 radical (unpaired) electrons. The van der Waals surface area contributed by atoms with Crippen molar-refractivity contribution in [2.24, 2.45) is 0 Å². The number of aromatic nitrogens is 6. The molecule has 0 saturated carbocycles. The van der Waals surface area contributed by atoms with Crippen molar-refractivity contribution in [2.45, 2.75) is 6.54 Å². The van der Waals surface area contributed by atoms with Gasteiger partial charge in [0.25, 0.3) is 0 Å². The summed E-state index contributed by atoms with van der Waals surface area (Å²) in [7, 11) is 0. The van der Waals surface area contributed by atoms with E-state index >= 15 is 0 Å². The topological polar surface area (TPSA) is 61.4 Å². The Morgan fingerprint density at radius 1 is 1.00 bits per heavy atom. The van der Waals surface area contributed by atoms with Crippen LogP contribution in [0, 0.1) is 5.82 Å². The highest BCUT2D eigenvalue weighted by molar-refractivity contribution is 5.53. The first-order valence-corrected chi connectivity index (χ1v) is 7.41. The van der Waals surface area contributed by atoms with Crippen LogP contribution in [0.3, 0.4) is 0 Å². The molecule has 24 heavy (non-hydrogen) atoms. The third kappa shape index (κ3) is 2.91. The lowest BCUT2D eigenvalue weighted by Gasteiger charge is -2.03. The SMILES string of the molecule is Fc1cccc(-c2nnn(Cc3ccc(-n4cccn4)cc3)n2)c1. The maximum Gasteiger partial charge on any atom is 0.205 e. The highest BCUT2D eigenvalue weighted by Crippen LogP contribution is 2.15. The molecule has 4 aromatic rings. The molecular weight excluding hydrogens is 307 g/mol. The highest BCUT2D eigenvalue weighted by atomic mass is 19.1. The Bertz CT molecular complexity index is 943. The molecule has 7 heteroatoms. The zero-order valence-corrected chi connectivity index (χ0v) is 12.6. The van der Waals surface area contributed by atoms with Crippen LogP contribution in [-0.4, -0.2) is 30.0 Å². The smallest absolute Gasteiger partial charge is 0.205 e. The summed E-state index contributed by atoms with van der Waals surface area (Å²) in [6, 6.07) is 16.0. The van der Waals surface area contributed by atoms with E-state index in [2.05, 4.69) is 20.5 Å². The first-order valence-electron chi connectivity index (χ1n) is 7.41. The maximum absolute atomic E-state index is 13.3. The Hall–Kier alpha value is -3.35. The molecule has 2 aromatic carbocycles. The predicted octanol–water partition coefficient (Wildman–Crippen LogP) is 2.71. The minimum absolute atomic E-state index is 0.321. The molecule has 0 N–H and O–H groups in total. The van der Waals surface area contributed by atoms with Crippen molar-refractivity contribution >= 4 is 0 Å². The van der Waals surface area contributed by atoms with Crippen molar-refractivity contribution in [3.63, 3.8) is 0 Å². The fraction of sp³-hybridized carbons (Fsp3) is 0.0588. The molecule has 0 unspecified atom stereocenters. The van der Waals surface area contributed by atoms with Gasteiger partial charge in [0.2, 0.25) is 5.82 Å². The van der Waals surface area contributed by atoms with Gasteiger partial charge in [0.05, 0.1) is 12.2 Å². The minimum atomic E-state index is -0.321. The lowest BCUT2D eigenvalue weighted by atomic mass is 10.2. The molecule has 0 aliphatic heterocycles. The summed E-state index contributed by atoms with van der Waals surface area (Å²) in [6.07, 6.45) is 3.63. The van der Waals surface area contributed by atoms with Crippen molar-refractivity contribution in [3.8, 4) is 17.1 Å². The molecule has 0 atom stereocenters. The van der Waals surface area contributed by atoms with E-state index in [4.69, 9.17) is 0 Å². The molecule has 0 spiro atoms. The fourth-order valence-electron chi connectivity index (χ4n) is 2.39. The van der Waals surface area contributed by atoms with E-state index < -0.39 is 0 Å². The van der Waals surface area contributed by atoms with Gasteiger partial charge in [-0.1, -0.05) is 24.3 Å². The van der Waals surface area contributed by atoms with Gasteiger partial charge in [-0.05, 0) is 41.1 Å². The van der Waals surface area contributed by atoms with Gasteiger partial charge in [0.1, 0.15) is 5.82 Å². The van der Waals surface area contributed by atoms with E-state index in [1.807, 2.05) is 36.5 Å². The van der Waals surface area contributed by atoms with Crippen LogP contribution in [0.25, 0.3) is 17.1 Å². The van der Waals surface area contributed by atoms with Gasteiger partial charge in [-0.3, -0.25) is 0 Å². The van der Waals surface area contributed by atoms with Crippen molar-refractivity contribution in [1.82, 2.24) is 30.0 Å². The van der Waals surface area contributed by atoms with E-state index in [9.17, 15) is 4.39 Å². The maximum atomic E-state index is 13.3. The number of hydrogen-bond donors (Lipinski definition) is 0. The molecule has 2 aromatic heterocycles. The molecule has 0 bridgehead atoms. The van der Waals surface area contributed by atoms with Crippen LogP contribution in [0.4, 0.5) is 4.39 Å². The summed E-state index contributed by atoms with van der Waals surface area (Å²) in [5, 5.41) is 16.5. The molecule has 0 amide bonds. The van der Waals surface area contributed by atoms with Gasteiger partial charge in [-0.25, -0.2) is 9.07 Å². The fourth-order valence-corrected chi connectivity index (χ4v) is 2.39. The van der Waals surface area contributed by atoms with Crippen LogP contribution in [0.15, 0.2) is 67.0 Å². The van der Waals surface area contributed by atoms with E-state index in [0.717, 1.165) is 11.3 Å². The Labute approximate surface area is 137 Å². The number of rotatable bonds is 4. The number of hydrogen-bond acceptors (Lipinski definition) is 4. The Kier molecular flexibility index (Phi) is 3.59. The van der Waals surface area contributed by atoms with E-state index in [1.165, 1.54) is 16.9 Å². The van der Waals surface area contributed by atoms with Crippen LogP contribution in [0.2, 0.25) is 0 Å². The van der Waals surface area contributed by atoms with Gasteiger partial charge in [0, 0.05) is 18.0 Å². The molecule has 4 rings (SSSR count). The summed E-state index contributed by atoms with van der Waals surface area (Å²) >= 11 is 0. The van der Waals surface area contributed by atoms with Gasteiger partial charge in [0.15, 0.2) is 0 Å². The number of benzene rings is 2. The molecule has 0 fully saturated rings. The lowest BCUT2D eigenvalue weighted by Crippen LogP contribution is -2.04. The summed E-state index contributed by atoms with van der Waals surface area (Å²) < 4.78 is 15.1. The first kappa shape index (κ1) is 14.3. The Morgan fingerprint density at radius 3 is 2.62 bits per heavy atom. The van der Waals surface area contributed by atoms with E-state index in [1.54, 1.807) is 23.0 Å². The van der Waals surface area contributed by atoms with Gasteiger partial charge in [-0.15, -0.1) is 10.2 Å². The second kappa shape index (κ2) is 6.04. The Balaban J connectivity index is 1.52. The van der Waals surface area contributed by atoms with Crippen molar-refractivity contribution < 1.29 is 4.39 Å². The van der Waals surface area contributed by atoms with Crippen LogP contribution < -0.4 is 0 Å². The molecule has 6 nitrogen and oxygen atoms in total. The first-order chi connectivity index (χ1) is 11.8. The van der Waals surface area contributed by atoms with Crippen molar-refractivity contribution in [3.05, 3.63) is 78.4 Å². The average molecular weight is 320 g/mol. The second-order valence-electron chi connectivity index (χ2n) is 5.27. The highest BCUT2D eigenvalue weighted by Gasteiger charge is 2.07. The quantitative estimate of drug-likeness (QED) is 0.580. The lowest BCUT2D eigenvalue weighted by molar-refractivity contribution is 0.572. The standard InChI is InChI=1S/C17H13FN6/c18-15-4-1-3-14(11-15)17-20-22-24(21-17)12-13-5-7-16(8-6-13)23-10-2-9-19-23/h1-11H,12H2. The zero-order valence-electron chi connectivity index (χ0n) is 12.6. The van der Waals surface area contributed by atoms with Gasteiger partial charge < -0.3 is 0 Å². The third-order valence-electron chi connectivity index (χ3n) is 3.56. The molecular formula is C17H13FN6. The molecule has 118 valence electrons. The molecule has 0 aliphatic rings. The van der Waals surface area contributed by atoms with E-state index in [-0.39, 0.29) is 5.82 Å². The van der Waals surface area contributed by atoms with Gasteiger partial charge >= 0.3 is 0 Å². The van der Waals surface area contributed by atoms with Crippen molar-refractivity contribution in [2.75, 3.05) is 0 Å². The number of nitrogens with zero attached hydrogens (tertiary/aromatic N) is 6. The predicted molar refractivity (Wildman–Crippen MR) is 85.9 cm³/mol. The number of tetrazole rings is 1. The average Bonchev–Trinajstić information content (AvgIpc) is 3.27.